The first-order chi connectivity index (χ1) is 11.3. The average molecular weight is 323 g/mol. The van der Waals surface area contributed by atoms with Gasteiger partial charge in [0.15, 0.2) is 0 Å². The maximum Gasteiger partial charge on any atom is 0.322 e. The molecule has 0 atom stereocenters. The number of carbonyl (C=O) groups is 1. The standard InChI is InChI=1S/C18H17N3OS/c22-18(20-16-6-2-1-3-7-16)21(12-15-9-11-23-14-15)13-17-8-4-5-10-19-17/h1-11,14H,12-13H2,(H,20,22). The Balaban J connectivity index is 1.75. The molecule has 3 aromatic rings. The van der Waals surface area contributed by atoms with E-state index in [1.54, 1.807) is 22.4 Å². The van der Waals surface area contributed by atoms with E-state index in [4.69, 9.17) is 0 Å². The number of anilines is 1. The second-order valence-electron chi connectivity index (χ2n) is 5.10. The van der Waals surface area contributed by atoms with Crippen LogP contribution in [0.5, 0.6) is 0 Å². The molecule has 23 heavy (non-hydrogen) atoms. The lowest BCUT2D eigenvalue weighted by Gasteiger charge is -2.22. The number of carbonyl (C=O) groups excluding carboxylic acids is 1. The highest BCUT2D eigenvalue weighted by Gasteiger charge is 2.15. The van der Waals surface area contributed by atoms with Crippen molar-refractivity contribution >= 4 is 23.1 Å². The molecule has 0 unspecified atom stereocenters. The maximum absolute atomic E-state index is 12.6. The lowest BCUT2D eigenvalue weighted by Crippen LogP contribution is -2.34. The summed E-state index contributed by atoms with van der Waals surface area (Å²) < 4.78 is 0. The molecule has 0 bridgehead atoms. The van der Waals surface area contributed by atoms with Crippen LogP contribution in [0.1, 0.15) is 11.3 Å². The largest absolute Gasteiger partial charge is 0.322 e. The highest BCUT2D eigenvalue weighted by Crippen LogP contribution is 2.14. The minimum Gasteiger partial charge on any atom is -0.314 e. The summed E-state index contributed by atoms with van der Waals surface area (Å²) in [5, 5.41) is 7.01. The highest BCUT2D eigenvalue weighted by molar-refractivity contribution is 7.07. The minimum absolute atomic E-state index is 0.131. The van der Waals surface area contributed by atoms with Crippen molar-refractivity contribution in [2.45, 2.75) is 13.1 Å². The molecule has 3 rings (SSSR count). The maximum atomic E-state index is 12.6. The Hall–Kier alpha value is -2.66. The van der Waals surface area contributed by atoms with Crippen molar-refractivity contribution in [3.8, 4) is 0 Å². The van der Waals surface area contributed by atoms with E-state index in [1.807, 2.05) is 60.0 Å². The Morgan fingerprint density at radius 2 is 1.87 bits per heavy atom. The fourth-order valence-electron chi connectivity index (χ4n) is 2.21. The molecule has 0 fully saturated rings. The Labute approximate surface area is 139 Å². The predicted molar refractivity (Wildman–Crippen MR) is 93.3 cm³/mol. The van der Waals surface area contributed by atoms with Crippen LogP contribution in [0.15, 0.2) is 71.6 Å². The fourth-order valence-corrected chi connectivity index (χ4v) is 2.87. The number of benzene rings is 1. The molecule has 1 aromatic carbocycles. The summed E-state index contributed by atoms with van der Waals surface area (Å²) >= 11 is 1.63. The fraction of sp³-hybridized carbons (Fsp3) is 0.111. The number of hydrogen-bond acceptors (Lipinski definition) is 3. The summed E-state index contributed by atoms with van der Waals surface area (Å²) in [4.78, 5) is 18.7. The molecule has 0 radical (unpaired) electrons. The first kappa shape index (κ1) is 15.2. The van der Waals surface area contributed by atoms with Crippen LogP contribution >= 0.6 is 11.3 Å². The molecule has 0 saturated heterocycles. The summed E-state index contributed by atoms with van der Waals surface area (Å²) in [6, 6.07) is 17.1. The predicted octanol–water partition coefficient (Wildman–Crippen LogP) is 4.38. The van der Waals surface area contributed by atoms with Crippen LogP contribution in [-0.4, -0.2) is 15.9 Å². The Kier molecular flexibility index (Phi) is 5.01. The Morgan fingerprint density at radius 1 is 1.04 bits per heavy atom. The van der Waals surface area contributed by atoms with Gasteiger partial charge < -0.3 is 10.2 Å². The van der Waals surface area contributed by atoms with Crippen molar-refractivity contribution in [1.82, 2.24) is 9.88 Å². The van der Waals surface area contributed by atoms with Crippen molar-refractivity contribution < 1.29 is 4.79 Å². The topological polar surface area (TPSA) is 45.2 Å². The van der Waals surface area contributed by atoms with Crippen LogP contribution < -0.4 is 5.32 Å². The first-order valence-electron chi connectivity index (χ1n) is 7.33. The molecule has 4 nitrogen and oxygen atoms in total. The van der Waals surface area contributed by atoms with Gasteiger partial charge in [-0.1, -0.05) is 24.3 Å². The Morgan fingerprint density at radius 3 is 2.57 bits per heavy atom. The average Bonchev–Trinajstić information content (AvgIpc) is 3.09. The molecule has 2 amide bonds. The number of rotatable bonds is 5. The summed E-state index contributed by atoms with van der Waals surface area (Å²) in [6.07, 6.45) is 1.74. The van der Waals surface area contributed by atoms with Crippen LogP contribution in [0.2, 0.25) is 0 Å². The zero-order chi connectivity index (χ0) is 15.9. The number of para-hydroxylation sites is 1. The van der Waals surface area contributed by atoms with E-state index in [-0.39, 0.29) is 6.03 Å². The van der Waals surface area contributed by atoms with Gasteiger partial charge in [-0.25, -0.2) is 4.79 Å². The third-order valence-corrected chi connectivity index (χ3v) is 4.08. The summed E-state index contributed by atoms with van der Waals surface area (Å²) in [7, 11) is 0. The van der Waals surface area contributed by atoms with Crippen LogP contribution in [-0.2, 0) is 13.1 Å². The van der Waals surface area contributed by atoms with Gasteiger partial charge in [-0.05, 0) is 46.7 Å². The third-order valence-electron chi connectivity index (χ3n) is 3.34. The minimum atomic E-state index is -0.131. The van der Waals surface area contributed by atoms with E-state index < -0.39 is 0 Å². The molecular formula is C18H17N3OS. The molecule has 2 heterocycles. The number of hydrogen-bond donors (Lipinski definition) is 1. The molecule has 0 aliphatic rings. The number of nitrogens with zero attached hydrogens (tertiary/aromatic N) is 2. The smallest absolute Gasteiger partial charge is 0.314 e. The SMILES string of the molecule is O=C(Nc1ccccc1)N(Cc1ccsc1)Cc1ccccn1. The molecule has 116 valence electrons. The van der Waals surface area contributed by atoms with E-state index in [0.717, 1.165) is 16.9 Å². The summed E-state index contributed by atoms with van der Waals surface area (Å²) in [5.74, 6) is 0. The second-order valence-corrected chi connectivity index (χ2v) is 5.88. The normalized spacial score (nSPS) is 10.3. The van der Waals surface area contributed by atoms with Gasteiger partial charge >= 0.3 is 6.03 Å². The van der Waals surface area contributed by atoms with Crippen molar-refractivity contribution in [2.24, 2.45) is 0 Å². The Bertz CT molecular complexity index is 729. The van der Waals surface area contributed by atoms with Gasteiger partial charge in [0.25, 0.3) is 0 Å². The molecule has 0 spiro atoms. The monoisotopic (exact) mass is 323 g/mol. The van der Waals surface area contributed by atoms with Gasteiger partial charge in [-0.15, -0.1) is 0 Å². The van der Waals surface area contributed by atoms with E-state index in [2.05, 4.69) is 15.7 Å². The van der Waals surface area contributed by atoms with E-state index in [9.17, 15) is 4.79 Å². The summed E-state index contributed by atoms with van der Waals surface area (Å²) in [6.45, 7) is 1.02. The number of aromatic nitrogens is 1. The molecule has 0 saturated carbocycles. The molecule has 0 aliphatic carbocycles. The van der Waals surface area contributed by atoms with E-state index >= 15 is 0 Å². The second kappa shape index (κ2) is 7.56. The van der Waals surface area contributed by atoms with E-state index in [0.29, 0.717) is 13.1 Å². The quantitative estimate of drug-likeness (QED) is 0.757. The molecule has 0 aliphatic heterocycles. The van der Waals surface area contributed by atoms with Crippen molar-refractivity contribution in [1.29, 1.82) is 0 Å². The lowest BCUT2D eigenvalue weighted by atomic mass is 10.2. The number of nitrogens with one attached hydrogen (secondary N) is 1. The van der Waals surface area contributed by atoms with Crippen molar-refractivity contribution in [2.75, 3.05) is 5.32 Å². The molecular weight excluding hydrogens is 306 g/mol. The lowest BCUT2D eigenvalue weighted by molar-refractivity contribution is 0.206. The van der Waals surface area contributed by atoms with Crippen LogP contribution in [0.4, 0.5) is 10.5 Å². The van der Waals surface area contributed by atoms with Gasteiger partial charge in [0.05, 0.1) is 12.2 Å². The van der Waals surface area contributed by atoms with Gasteiger partial charge in [-0.2, -0.15) is 11.3 Å². The van der Waals surface area contributed by atoms with Crippen LogP contribution in [0.25, 0.3) is 0 Å². The molecule has 2 aromatic heterocycles. The van der Waals surface area contributed by atoms with Crippen LogP contribution in [0.3, 0.4) is 0 Å². The molecule has 5 heteroatoms. The number of urea groups is 1. The summed E-state index contributed by atoms with van der Waals surface area (Å²) in [5.41, 5.74) is 2.77. The van der Waals surface area contributed by atoms with Crippen LogP contribution in [0, 0.1) is 0 Å². The van der Waals surface area contributed by atoms with E-state index in [1.165, 1.54) is 0 Å². The van der Waals surface area contributed by atoms with Gasteiger partial charge in [0.2, 0.25) is 0 Å². The van der Waals surface area contributed by atoms with Crippen molar-refractivity contribution in [3.63, 3.8) is 0 Å². The number of thiophene rings is 1. The zero-order valence-corrected chi connectivity index (χ0v) is 13.4. The molecule has 1 N–H and O–H groups in total. The zero-order valence-electron chi connectivity index (χ0n) is 12.6. The van der Waals surface area contributed by atoms with Gasteiger partial charge in [0.1, 0.15) is 0 Å². The highest BCUT2D eigenvalue weighted by atomic mass is 32.1. The van der Waals surface area contributed by atoms with Gasteiger partial charge in [-0.3, -0.25) is 4.98 Å². The number of pyridine rings is 1. The van der Waals surface area contributed by atoms with Gasteiger partial charge in [0, 0.05) is 18.4 Å². The van der Waals surface area contributed by atoms with Crippen molar-refractivity contribution in [3.05, 3.63) is 82.8 Å². The number of amides is 2. The first-order valence-corrected chi connectivity index (χ1v) is 8.27. The third kappa shape index (κ3) is 4.40.